The van der Waals surface area contributed by atoms with Crippen LogP contribution in [0.4, 0.5) is 23.0 Å². The summed E-state index contributed by atoms with van der Waals surface area (Å²) >= 11 is 6.07. The lowest BCUT2D eigenvalue weighted by Gasteiger charge is -2.32. The molecule has 2 aliphatic heterocycles. The molecule has 1 aromatic heterocycles. The zero-order valence-corrected chi connectivity index (χ0v) is 22.5. The van der Waals surface area contributed by atoms with Crippen molar-refractivity contribution in [2.75, 3.05) is 49.3 Å². The van der Waals surface area contributed by atoms with Gasteiger partial charge in [0.15, 0.2) is 24.1 Å². The first kappa shape index (κ1) is 26.5. The van der Waals surface area contributed by atoms with Crippen LogP contribution in [-0.4, -0.2) is 77.9 Å². The van der Waals surface area contributed by atoms with E-state index < -0.39 is 6.17 Å². The van der Waals surface area contributed by atoms with Gasteiger partial charge in [-0.25, -0.2) is 9.97 Å². The van der Waals surface area contributed by atoms with Crippen molar-refractivity contribution in [3.8, 4) is 11.5 Å². The van der Waals surface area contributed by atoms with Crippen LogP contribution in [-0.2, 0) is 9.59 Å². The highest BCUT2D eigenvalue weighted by Gasteiger charge is 2.45. The van der Waals surface area contributed by atoms with Gasteiger partial charge in [-0.2, -0.15) is 0 Å². The van der Waals surface area contributed by atoms with Gasteiger partial charge in [0.1, 0.15) is 23.5 Å². The Morgan fingerprint density at radius 3 is 2.69 bits per heavy atom. The van der Waals surface area contributed by atoms with E-state index in [-0.39, 0.29) is 17.8 Å². The molecule has 1 unspecified atom stereocenters. The summed E-state index contributed by atoms with van der Waals surface area (Å²) in [5, 5.41) is 0.582. The first-order chi connectivity index (χ1) is 18.9. The topological polar surface area (TPSA) is 108 Å². The number of likely N-dealkylation sites (N-methyl/N-ethyl adjacent to an activating group) is 1. The number of aldehydes is 1. The van der Waals surface area contributed by atoms with Crippen LogP contribution in [0, 0.1) is 0 Å². The predicted molar refractivity (Wildman–Crippen MR) is 152 cm³/mol. The number of benzene rings is 2. The minimum absolute atomic E-state index is 0.0456. The Bertz CT molecular complexity index is 1380. The SMILES string of the molecule is CN(C)C/C=C/C(=O)N1CC[C@@H](N2c3ncnc(N)c3N(c3ccc(Oc4cccc(Cl)c4)cc3)C2C=O)C1. The van der Waals surface area contributed by atoms with Gasteiger partial charge in [-0.05, 0) is 63.0 Å². The first-order valence-corrected chi connectivity index (χ1v) is 13.0. The minimum atomic E-state index is -0.706. The van der Waals surface area contributed by atoms with Gasteiger partial charge >= 0.3 is 0 Å². The summed E-state index contributed by atoms with van der Waals surface area (Å²) < 4.78 is 5.92. The van der Waals surface area contributed by atoms with Crippen LogP contribution in [0.15, 0.2) is 67.0 Å². The Kier molecular flexibility index (Phi) is 7.67. The number of halogens is 1. The monoisotopic (exact) mass is 547 g/mol. The van der Waals surface area contributed by atoms with E-state index in [9.17, 15) is 9.59 Å². The Hall–Kier alpha value is -4.15. The number of likely N-dealkylation sites (tertiary alicyclic amines) is 1. The second-order valence-corrected chi connectivity index (χ2v) is 10.1. The molecule has 11 heteroatoms. The summed E-state index contributed by atoms with van der Waals surface area (Å²) in [6, 6.07) is 14.4. The third-order valence-electron chi connectivity index (χ3n) is 6.73. The van der Waals surface area contributed by atoms with E-state index in [1.165, 1.54) is 6.33 Å². The summed E-state index contributed by atoms with van der Waals surface area (Å²) in [7, 11) is 3.90. The summed E-state index contributed by atoms with van der Waals surface area (Å²) in [5.74, 6) is 2.03. The van der Waals surface area contributed by atoms with E-state index in [0.29, 0.717) is 54.1 Å². The highest BCUT2D eigenvalue weighted by atomic mass is 35.5. The lowest BCUT2D eigenvalue weighted by atomic mass is 10.2. The second-order valence-electron chi connectivity index (χ2n) is 9.70. The average Bonchev–Trinajstić information content (AvgIpc) is 3.52. The minimum Gasteiger partial charge on any atom is -0.457 e. The number of aromatic nitrogens is 2. The fourth-order valence-electron chi connectivity index (χ4n) is 4.96. The normalized spacial score (nSPS) is 18.7. The molecule has 202 valence electrons. The molecule has 10 nitrogen and oxygen atoms in total. The number of carbonyl (C=O) groups excluding carboxylic acids is 2. The number of hydrogen-bond acceptors (Lipinski definition) is 9. The lowest BCUT2D eigenvalue weighted by Crippen LogP contribution is -2.49. The third kappa shape index (κ3) is 5.52. The van der Waals surface area contributed by atoms with Crippen molar-refractivity contribution >= 4 is 46.8 Å². The number of carbonyl (C=O) groups is 2. The molecule has 1 fully saturated rings. The molecular weight excluding hydrogens is 518 g/mol. The molecule has 1 saturated heterocycles. The number of amides is 1. The van der Waals surface area contributed by atoms with Crippen molar-refractivity contribution in [2.24, 2.45) is 0 Å². The van der Waals surface area contributed by atoms with Crippen LogP contribution in [0.1, 0.15) is 6.42 Å². The fraction of sp³-hybridized carbons (Fsp3) is 0.286. The van der Waals surface area contributed by atoms with Crippen molar-refractivity contribution in [1.82, 2.24) is 19.8 Å². The van der Waals surface area contributed by atoms with Crippen LogP contribution >= 0.6 is 11.6 Å². The molecule has 2 N–H and O–H groups in total. The van der Waals surface area contributed by atoms with Gasteiger partial charge in [-0.1, -0.05) is 23.7 Å². The Balaban J connectivity index is 1.39. The number of fused-ring (bicyclic) bond motifs is 1. The van der Waals surface area contributed by atoms with E-state index in [0.717, 1.165) is 12.0 Å². The standard InChI is InChI=1S/C28H30ClN7O3/c1-33(2)13-4-7-25(38)34-14-12-21(16-34)36-24(17-37)35(26-27(30)31-18-32-28(26)36)20-8-10-22(11-9-20)39-23-6-3-5-19(29)15-23/h3-11,15,17-18,21,24H,12-14,16H2,1-2H3,(H2,30,31,32)/b7-4+/t21-,24?/m1/s1. The molecule has 2 aromatic carbocycles. The van der Waals surface area contributed by atoms with E-state index in [1.54, 1.807) is 23.1 Å². The number of nitrogens with two attached hydrogens (primary N) is 1. The molecule has 0 saturated carbocycles. The largest absolute Gasteiger partial charge is 0.457 e. The van der Waals surface area contributed by atoms with Crippen LogP contribution in [0.3, 0.4) is 0 Å². The highest BCUT2D eigenvalue weighted by molar-refractivity contribution is 6.30. The highest BCUT2D eigenvalue weighted by Crippen LogP contribution is 2.47. The smallest absolute Gasteiger partial charge is 0.246 e. The molecule has 5 rings (SSSR count). The van der Waals surface area contributed by atoms with E-state index in [1.807, 2.05) is 71.3 Å². The van der Waals surface area contributed by atoms with Crippen LogP contribution in [0.5, 0.6) is 11.5 Å². The quantitative estimate of drug-likeness (QED) is 0.333. The first-order valence-electron chi connectivity index (χ1n) is 12.6. The maximum atomic E-state index is 12.8. The van der Waals surface area contributed by atoms with Crippen LogP contribution in [0.25, 0.3) is 0 Å². The van der Waals surface area contributed by atoms with Crippen molar-refractivity contribution in [2.45, 2.75) is 18.6 Å². The molecule has 1 amide bonds. The van der Waals surface area contributed by atoms with E-state index in [2.05, 4.69) is 9.97 Å². The molecule has 2 aliphatic rings. The third-order valence-corrected chi connectivity index (χ3v) is 6.97. The molecule has 39 heavy (non-hydrogen) atoms. The van der Waals surface area contributed by atoms with Crippen LogP contribution < -0.4 is 20.3 Å². The van der Waals surface area contributed by atoms with Gasteiger partial charge < -0.3 is 30.1 Å². The van der Waals surface area contributed by atoms with Gasteiger partial charge in [-0.15, -0.1) is 0 Å². The van der Waals surface area contributed by atoms with Gasteiger partial charge in [0.25, 0.3) is 0 Å². The Morgan fingerprint density at radius 2 is 1.97 bits per heavy atom. The van der Waals surface area contributed by atoms with Crippen LogP contribution in [0.2, 0.25) is 5.02 Å². The van der Waals surface area contributed by atoms with Gasteiger partial charge in [0, 0.05) is 36.4 Å². The molecule has 3 heterocycles. The average molecular weight is 548 g/mol. The number of hydrogen-bond donors (Lipinski definition) is 1. The van der Waals surface area contributed by atoms with Gasteiger partial charge in [0.05, 0.1) is 6.04 Å². The molecule has 0 spiro atoms. The lowest BCUT2D eigenvalue weighted by molar-refractivity contribution is -0.125. The van der Waals surface area contributed by atoms with Crippen molar-refractivity contribution in [3.63, 3.8) is 0 Å². The molecule has 2 atom stereocenters. The molecular formula is C28H30ClN7O3. The summed E-state index contributed by atoms with van der Waals surface area (Å²) in [6.07, 6.45) is 5.72. The van der Waals surface area contributed by atoms with E-state index >= 15 is 0 Å². The summed E-state index contributed by atoms with van der Waals surface area (Å²) in [4.78, 5) is 41.6. The maximum Gasteiger partial charge on any atom is 0.246 e. The Labute approximate surface area is 232 Å². The van der Waals surface area contributed by atoms with Gasteiger partial charge in [-0.3, -0.25) is 9.59 Å². The second kappa shape index (κ2) is 11.3. The predicted octanol–water partition coefficient (Wildman–Crippen LogP) is 3.71. The van der Waals surface area contributed by atoms with Crippen molar-refractivity contribution in [1.29, 1.82) is 0 Å². The number of ether oxygens (including phenoxy) is 1. The Morgan fingerprint density at radius 1 is 1.18 bits per heavy atom. The van der Waals surface area contributed by atoms with E-state index in [4.69, 9.17) is 22.1 Å². The molecule has 0 radical (unpaired) electrons. The molecule has 0 bridgehead atoms. The number of rotatable bonds is 8. The summed E-state index contributed by atoms with van der Waals surface area (Å²) in [5.41, 5.74) is 7.62. The number of nitrogen functional groups attached to an aromatic ring is 1. The summed E-state index contributed by atoms with van der Waals surface area (Å²) in [6.45, 7) is 1.74. The maximum absolute atomic E-state index is 12.8. The zero-order valence-electron chi connectivity index (χ0n) is 21.8. The molecule has 3 aromatic rings. The van der Waals surface area contributed by atoms with Crippen molar-refractivity contribution in [3.05, 3.63) is 72.0 Å². The number of anilines is 4. The fourth-order valence-corrected chi connectivity index (χ4v) is 5.14. The van der Waals surface area contributed by atoms with Crippen molar-refractivity contribution < 1.29 is 14.3 Å². The van der Waals surface area contributed by atoms with Gasteiger partial charge in [0.2, 0.25) is 5.91 Å². The zero-order chi connectivity index (χ0) is 27.5. The number of nitrogens with zero attached hydrogens (tertiary/aromatic N) is 6. The molecule has 0 aliphatic carbocycles.